The van der Waals surface area contributed by atoms with Gasteiger partial charge < -0.3 is 4.74 Å². The highest BCUT2D eigenvalue weighted by Crippen LogP contribution is 2.26. The van der Waals surface area contributed by atoms with Crippen LogP contribution in [0.5, 0.6) is 5.75 Å². The summed E-state index contributed by atoms with van der Waals surface area (Å²) in [6.07, 6.45) is 0.0897. The van der Waals surface area contributed by atoms with Gasteiger partial charge in [-0.25, -0.2) is 0 Å². The molecule has 0 atom stereocenters. The summed E-state index contributed by atoms with van der Waals surface area (Å²) in [5.74, 6) is -0.0144. The zero-order chi connectivity index (χ0) is 12.1. The summed E-state index contributed by atoms with van der Waals surface area (Å²) in [4.78, 5) is 11.3. The molecular formula is C10H8BrF2IO2. The van der Waals surface area contributed by atoms with E-state index in [9.17, 15) is 13.6 Å². The van der Waals surface area contributed by atoms with E-state index >= 15 is 0 Å². The van der Waals surface area contributed by atoms with Gasteiger partial charge in [0, 0.05) is 15.6 Å². The molecule has 0 unspecified atom stereocenters. The maximum Gasteiger partial charge on any atom is 0.387 e. The highest BCUT2D eigenvalue weighted by atomic mass is 127. The number of hydrogen-bond donors (Lipinski definition) is 0. The van der Waals surface area contributed by atoms with Gasteiger partial charge in [-0.15, -0.1) is 0 Å². The fraction of sp³-hybridized carbons (Fsp3) is 0.300. The van der Waals surface area contributed by atoms with Crippen molar-refractivity contribution in [2.24, 2.45) is 0 Å². The number of alkyl halides is 3. The van der Waals surface area contributed by atoms with Crippen LogP contribution in [0.4, 0.5) is 8.78 Å². The van der Waals surface area contributed by atoms with Crippen molar-refractivity contribution in [2.45, 2.75) is 13.0 Å². The summed E-state index contributed by atoms with van der Waals surface area (Å²) >= 11 is 5.02. The van der Waals surface area contributed by atoms with Crippen molar-refractivity contribution >= 4 is 44.3 Å². The largest absolute Gasteiger partial charge is 0.434 e. The second kappa shape index (κ2) is 6.48. The van der Waals surface area contributed by atoms with Crippen LogP contribution in [0.25, 0.3) is 0 Å². The Bertz CT molecular complexity index is 385. The third-order valence-corrected chi connectivity index (χ3v) is 3.45. The molecule has 0 fully saturated rings. The minimum atomic E-state index is -2.88. The van der Waals surface area contributed by atoms with Gasteiger partial charge in [0.1, 0.15) is 11.5 Å². The first-order valence-electron chi connectivity index (χ1n) is 4.34. The SMILES string of the molecule is O=C(CBr)Cc1c(I)cccc1OC(F)F. The second-order valence-corrected chi connectivity index (χ2v) is 4.67. The lowest BCUT2D eigenvalue weighted by Crippen LogP contribution is -2.10. The highest BCUT2D eigenvalue weighted by molar-refractivity contribution is 14.1. The number of ketones is 1. The van der Waals surface area contributed by atoms with Crippen LogP contribution in [-0.4, -0.2) is 17.7 Å². The lowest BCUT2D eigenvalue weighted by molar-refractivity contribution is -0.116. The molecule has 0 spiro atoms. The molecule has 0 amide bonds. The number of ether oxygens (including phenoxy) is 1. The van der Waals surface area contributed by atoms with Crippen LogP contribution in [0.3, 0.4) is 0 Å². The van der Waals surface area contributed by atoms with E-state index in [1.807, 2.05) is 22.6 Å². The summed E-state index contributed by atoms with van der Waals surface area (Å²) in [6, 6.07) is 4.79. The summed E-state index contributed by atoms with van der Waals surface area (Å²) in [6.45, 7) is -2.88. The number of Topliss-reactive ketones (excluding diaryl/α,β-unsaturated/α-hetero) is 1. The van der Waals surface area contributed by atoms with E-state index in [-0.39, 0.29) is 23.3 Å². The third-order valence-electron chi connectivity index (χ3n) is 1.81. The van der Waals surface area contributed by atoms with Gasteiger partial charge in [-0.1, -0.05) is 22.0 Å². The van der Waals surface area contributed by atoms with Crippen molar-refractivity contribution in [2.75, 3.05) is 5.33 Å². The summed E-state index contributed by atoms with van der Waals surface area (Å²) in [7, 11) is 0. The van der Waals surface area contributed by atoms with E-state index in [1.54, 1.807) is 12.1 Å². The molecule has 2 nitrogen and oxygen atoms in total. The van der Waals surface area contributed by atoms with Crippen LogP contribution < -0.4 is 4.74 Å². The molecule has 0 saturated carbocycles. The number of benzene rings is 1. The fourth-order valence-corrected chi connectivity index (χ4v) is 2.02. The fourth-order valence-electron chi connectivity index (χ4n) is 1.16. The predicted molar refractivity (Wildman–Crippen MR) is 68.3 cm³/mol. The number of rotatable bonds is 5. The molecule has 0 saturated heterocycles. The second-order valence-electron chi connectivity index (χ2n) is 2.94. The molecule has 88 valence electrons. The van der Waals surface area contributed by atoms with Crippen molar-refractivity contribution < 1.29 is 18.3 Å². The van der Waals surface area contributed by atoms with Gasteiger partial charge in [0.2, 0.25) is 0 Å². The van der Waals surface area contributed by atoms with E-state index in [0.717, 1.165) is 3.57 Å². The Balaban J connectivity index is 2.98. The molecule has 0 heterocycles. The van der Waals surface area contributed by atoms with E-state index in [1.165, 1.54) is 6.07 Å². The summed E-state index contributed by atoms with van der Waals surface area (Å²) in [5.41, 5.74) is 0.507. The number of hydrogen-bond acceptors (Lipinski definition) is 2. The first-order valence-corrected chi connectivity index (χ1v) is 6.54. The molecule has 0 N–H and O–H groups in total. The van der Waals surface area contributed by atoms with Crippen LogP contribution in [0, 0.1) is 3.57 Å². The quantitative estimate of drug-likeness (QED) is 0.555. The molecular weight excluding hydrogens is 397 g/mol. The Morgan fingerprint density at radius 3 is 2.75 bits per heavy atom. The maximum absolute atomic E-state index is 12.1. The molecule has 0 bridgehead atoms. The predicted octanol–water partition coefficient (Wildman–Crippen LogP) is 3.40. The number of carbonyl (C=O) groups excluding carboxylic acids is 1. The molecule has 0 aromatic heterocycles. The lowest BCUT2D eigenvalue weighted by Gasteiger charge is -2.11. The molecule has 0 aliphatic carbocycles. The summed E-state index contributed by atoms with van der Waals surface area (Å²) in [5, 5.41) is 0.200. The highest BCUT2D eigenvalue weighted by Gasteiger charge is 2.14. The Hall–Kier alpha value is -0.240. The van der Waals surface area contributed by atoms with Gasteiger partial charge in [0.05, 0.1) is 5.33 Å². The monoisotopic (exact) mass is 404 g/mol. The van der Waals surface area contributed by atoms with Crippen molar-refractivity contribution in [3.05, 3.63) is 27.3 Å². The molecule has 16 heavy (non-hydrogen) atoms. The zero-order valence-corrected chi connectivity index (χ0v) is 11.8. The van der Waals surface area contributed by atoms with Crippen molar-refractivity contribution in [3.8, 4) is 5.75 Å². The molecule has 1 rings (SSSR count). The first-order chi connectivity index (χ1) is 7.54. The average molecular weight is 405 g/mol. The van der Waals surface area contributed by atoms with Crippen molar-refractivity contribution in [1.29, 1.82) is 0 Å². The van der Waals surface area contributed by atoms with Gasteiger partial charge in [-0.05, 0) is 34.7 Å². The van der Waals surface area contributed by atoms with Gasteiger partial charge in [0.15, 0.2) is 0 Å². The molecule has 0 aliphatic rings. The molecule has 0 radical (unpaired) electrons. The number of halogens is 4. The zero-order valence-electron chi connectivity index (χ0n) is 8.05. The van der Waals surface area contributed by atoms with Crippen molar-refractivity contribution in [3.63, 3.8) is 0 Å². The third kappa shape index (κ3) is 3.97. The minimum Gasteiger partial charge on any atom is -0.434 e. The minimum absolute atomic E-state index is 0.0659. The number of carbonyl (C=O) groups is 1. The average Bonchev–Trinajstić information content (AvgIpc) is 2.22. The lowest BCUT2D eigenvalue weighted by atomic mass is 10.1. The first kappa shape index (κ1) is 13.8. The van der Waals surface area contributed by atoms with Crippen LogP contribution in [0.2, 0.25) is 0 Å². The Morgan fingerprint density at radius 2 is 2.19 bits per heavy atom. The van der Waals surface area contributed by atoms with Crippen molar-refractivity contribution in [1.82, 2.24) is 0 Å². The van der Waals surface area contributed by atoms with Crippen LogP contribution in [0.1, 0.15) is 5.56 Å². The molecule has 1 aromatic carbocycles. The van der Waals surface area contributed by atoms with E-state index in [2.05, 4.69) is 20.7 Å². The van der Waals surface area contributed by atoms with E-state index in [4.69, 9.17) is 0 Å². The van der Waals surface area contributed by atoms with Crippen LogP contribution in [0.15, 0.2) is 18.2 Å². The molecule has 0 aliphatic heterocycles. The van der Waals surface area contributed by atoms with Gasteiger partial charge in [-0.3, -0.25) is 4.79 Å². The van der Waals surface area contributed by atoms with Gasteiger partial charge >= 0.3 is 6.61 Å². The van der Waals surface area contributed by atoms with Gasteiger partial charge in [0.25, 0.3) is 0 Å². The van der Waals surface area contributed by atoms with Crippen LogP contribution >= 0.6 is 38.5 Å². The maximum atomic E-state index is 12.1. The topological polar surface area (TPSA) is 26.3 Å². The van der Waals surface area contributed by atoms with E-state index in [0.29, 0.717) is 5.56 Å². The Labute approximate surface area is 114 Å². The summed E-state index contributed by atoms with van der Waals surface area (Å²) < 4.78 is 29.4. The Morgan fingerprint density at radius 1 is 1.50 bits per heavy atom. The Kier molecular flexibility index (Phi) is 5.60. The molecule has 1 aromatic rings. The smallest absolute Gasteiger partial charge is 0.387 e. The molecule has 6 heteroatoms. The van der Waals surface area contributed by atoms with Crippen LogP contribution in [-0.2, 0) is 11.2 Å². The standard InChI is InChI=1S/C10H8BrF2IO2/c11-5-6(15)4-7-8(14)2-1-3-9(7)16-10(12)13/h1-3,10H,4-5H2. The normalized spacial score (nSPS) is 10.6. The van der Waals surface area contributed by atoms with E-state index < -0.39 is 6.61 Å². The van der Waals surface area contributed by atoms with Gasteiger partial charge in [-0.2, -0.15) is 8.78 Å².